The summed E-state index contributed by atoms with van der Waals surface area (Å²) in [5.74, 6) is 0.529. The van der Waals surface area contributed by atoms with E-state index in [0.29, 0.717) is 35.8 Å². The van der Waals surface area contributed by atoms with Gasteiger partial charge in [-0.05, 0) is 55.9 Å². The summed E-state index contributed by atoms with van der Waals surface area (Å²) in [6.45, 7) is 4.25. The van der Waals surface area contributed by atoms with E-state index in [2.05, 4.69) is 18.8 Å². The van der Waals surface area contributed by atoms with Crippen LogP contribution in [-0.2, 0) is 11.2 Å². The number of hydrogen-bond donors (Lipinski definition) is 0. The minimum absolute atomic E-state index is 0.0952. The molecule has 0 N–H and O–H groups in total. The van der Waals surface area contributed by atoms with E-state index in [0.717, 1.165) is 41.8 Å². The van der Waals surface area contributed by atoms with Gasteiger partial charge < -0.3 is 0 Å². The Morgan fingerprint density at radius 2 is 1.89 bits per heavy atom. The molecule has 6 heteroatoms. The summed E-state index contributed by atoms with van der Waals surface area (Å²) in [6.07, 6.45) is 8.88. The van der Waals surface area contributed by atoms with Crippen molar-refractivity contribution in [3.05, 3.63) is 77.0 Å². The van der Waals surface area contributed by atoms with Crippen LogP contribution in [0.3, 0.4) is 0 Å². The number of nitrogens with zero attached hydrogens (tertiary/aromatic N) is 4. The zero-order valence-electron chi connectivity index (χ0n) is 20.7. The molecule has 36 heavy (non-hydrogen) atoms. The molecule has 0 bridgehead atoms. The highest BCUT2D eigenvalue weighted by molar-refractivity contribution is 6.00. The molecule has 0 saturated heterocycles. The van der Waals surface area contributed by atoms with Gasteiger partial charge in [-0.15, -0.1) is 0 Å². The Bertz CT molecular complexity index is 1390. The van der Waals surface area contributed by atoms with Crippen molar-refractivity contribution in [2.24, 2.45) is 5.92 Å². The van der Waals surface area contributed by atoms with E-state index in [9.17, 15) is 14.4 Å². The second kappa shape index (κ2) is 10.1. The number of aromatic nitrogens is 3. The molecular weight excluding hydrogens is 451 g/mol. The summed E-state index contributed by atoms with van der Waals surface area (Å²) < 4.78 is 14.9. The lowest BCUT2D eigenvalue weighted by atomic mass is 9.70. The van der Waals surface area contributed by atoms with Crippen molar-refractivity contribution in [1.29, 1.82) is 5.26 Å². The molecule has 6 rings (SSSR count). The zero-order valence-corrected chi connectivity index (χ0v) is 20.7. The van der Waals surface area contributed by atoms with E-state index in [-0.39, 0.29) is 29.0 Å². The first-order valence-electron chi connectivity index (χ1n) is 12.8. The van der Waals surface area contributed by atoms with Crippen molar-refractivity contribution in [1.82, 2.24) is 15.0 Å². The lowest BCUT2D eigenvalue weighted by molar-refractivity contribution is -0.116. The summed E-state index contributed by atoms with van der Waals surface area (Å²) in [4.78, 5) is 26.7. The van der Waals surface area contributed by atoms with Gasteiger partial charge in [-0.25, -0.2) is 14.4 Å². The number of carbonyl (C=O) groups is 1. The molecule has 0 radical (unpaired) electrons. The first kappa shape index (κ1) is 24.0. The first-order chi connectivity index (χ1) is 17.5. The third-order valence-corrected chi connectivity index (χ3v) is 7.01. The van der Waals surface area contributed by atoms with E-state index in [1.807, 2.05) is 24.3 Å². The normalized spacial score (nSPS) is 20.3. The molecule has 5 nitrogen and oxygen atoms in total. The first-order valence-corrected chi connectivity index (χ1v) is 12.8. The van der Waals surface area contributed by atoms with Gasteiger partial charge in [-0.2, -0.15) is 5.26 Å². The van der Waals surface area contributed by atoms with Crippen molar-refractivity contribution in [3.63, 3.8) is 0 Å². The molecule has 182 valence electrons. The Morgan fingerprint density at radius 3 is 2.61 bits per heavy atom. The number of allylic oxidation sites excluding steroid dienone is 2. The number of hydrogen-bond acceptors (Lipinski definition) is 5. The Morgan fingerprint density at radius 1 is 1.11 bits per heavy atom. The number of rotatable bonds is 3. The van der Waals surface area contributed by atoms with Gasteiger partial charge in [-0.1, -0.05) is 38.5 Å². The quantitative estimate of drug-likeness (QED) is 0.416. The van der Waals surface area contributed by atoms with E-state index in [4.69, 9.17) is 9.97 Å². The SMILES string of the molecule is CCC.N#CC1=CC2c3nc(-c4ccnc(C5CC5)c4)nc(-c4ccccc4F)c3CCC2CC1=O. The third kappa shape index (κ3) is 4.58. The molecule has 3 aliphatic rings. The summed E-state index contributed by atoms with van der Waals surface area (Å²) in [5.41, 5.74) is 4.84. The van der Waals surface area contributed by atoms with Gasteiger partial charge in [0, 0.05) is 46.8 Å². The van der Waals surface area contributed by atoms with Gasteiger partial charge in [0.05, 0.1) is 17.0 Å². The van der Waals surface area contributed by atoms with Crippen molar-refractivity contribution < 1.29 is 9.18 Å². The largest absolute Gasteiger partial charge is 0.293 e. The van der Waals surface area contributed by atoms with Gasteiger partial charge in [0.25, 0.3) is 0 Å². The summed E-state index contributed by atoms with van der Waals surface area (Å²) in [7, 11) is 0. The summed E-state index contributed by atoms with van der Waals surface area (Å²) in [6, 6.07) is 12.6. The Labute approximate surface area is 211 Å². The molecule has 2 heterocycles. The maximum atomic E-state index is 14.9. The van der Waals surface area contributed by atoms with Crippen LogP contribution in [0.5, 0.6) is 0 Å². The van der Waals surface area contributed by atoms with Crippen molar-refractivity contribution in [3.8, 4) is 28.7 Å². The number of nitriles is 1. The fraction of sp³-hybridized carbons (Fsp3) is 0.367. The van der Waals surface area contributed by atoms with Crippen LogP contribution in [0.2, 0.25) is 0 Å². The topological polar surface area (TPSA) is 79.5 Å². The zero-order chi connectivity index (χ0) is 25.2. The average molecular weight is 481 g/mol. The summed E-state index contributed by atoms with van der Waals surface area (Å²) in [5, 5.41) is 9.46. The molecule has 0 amide bonds. The van der Waals surface area contributed by atoms with Crippen molar-refractivity contribution in [2.45, 2.75) is 64.2 Å². The molecule has 2 unspecified atom stereocenters. The van der Waals surface area contributed by atoms with E-state index in [1.165, 1.54) is 12.5 Å². The lowest BCUT2D eigenvalue weighted by Crippen LogP contribution is -2.29. The molecule has 1 fully saturated rings. The molecule has 3 aromatic rings. The number of fused-ring (bicyclic) bond motifs is 3. The van der Waals surface area contributed by atoms with Gasteiger partial charge in [-0.3, -0.25) is 9.78 Å². The number of benzene rings is 1. The highest BCUT2D eigenvalue weighted by Crippen LogP contribution is 2.45. The standard InChI is InChI=1S/C27H21FN4O.C3H8/c28-22-4-2-1-3-19(22)25-20-8-7-16-13-24(33)18(14-29)11-21(16)26(20)32-27(31-25)17-9-10-30-23(12-17)15-5-6-15;1-3-2/h1-4,9-12,15-16,21H,5-8,13H2;3H2,1-2H3. The van der Waals surface area contributed by atoms with Gasteiger partial charge in [0.15, 0.2) is 11.6 Å². The highest BCUT2D eigenvalue weighted by atomic mass is 19.1. The Balaban J connectivity index is 0.000000848. The minimum Gasteiger partial charge on any atom is -0.293 e. The van der Waals surface area contributed by atoms with Crippen LogP contribution in [0, 0.1) is 23.1 Å². The third-order valence-electron chi connectivity index (χ3n) is 7.01. The smallest absolute Gasteiger partial charge is 0.173 e. The Kier molecular flexibility index (Phi) is 6.73. The van der Waals surface area contributed by atoms with Crippen LogP contribution in [-0.4, -0.2) is 20.7 Å². The monoisotopic (exact) mass is 480 g/mol. The van der Waals surface area contributed by atoms with E-state index in [1.54, 1.807) is 24.4 Å². The van der Waals surface area contributed by atoms with Gasteiger partial charge in [0.1, 0.15) is 11.9 Å². The molecule has 3 aliphatic carbocycles. The molecule has 0 spiro atoms. The maximum absolute atomic E-state index is 14.9. The molecule has 2 atom stereocenters. The van der Waals surface area contributed by atoms with Crippen LogP contribution in [0.4, 0.5) is 4.39 Å². The average Bonchev–Trinajstić information content (AvgIpc) is 3.74. The fourth-order valence-electron chi connectivity index (χ4n) is 5.12. The lowest BCUT2D eigenvalue weighted by Gasteiger charge is -2.34. The molecular formula is C30H29FN4O. The number of Topliss-reactive ketones (excluding diaryl/α,β-unsaturated/α-hetero) is 1. The molecule has 1 aromatic carbocycles. The molecule has 0 aliphatic heterocycles. The van der Waals surface area contributed by atoms with E-state index < -0.39 is 0 Å². The van der Waals surface area contributed by atoms with Gasteiger partial charge >= 0.3 is 0 Å². The second-order valence-corrected chi connectivity index (χ2v) is 9.83. The van der Waals surface area contributed by atoms with Crippen molar-refractivity contribution >= 4 is 5.78 Å². The maximum Gasteiger partial charge on any atom is 0.173 e. The number of halogens is 1. The summed E-state index contributed by atoms with van der Waals surface area (Å²) >= 11 is 0. The second-order valence-electron chi connectivity index (χ2n) is 9.83. The van der Waals surface area contributed by atoms with Crippen LogP contribution in [0.15, 0.2) is 54.2 Å². The fourth-order valence-corrected chi connectivity index (χ4v) is 5.12. The molecule has 1 saturated carbocycles. The predicted molar refractivity (Wildman–Crippen MR) is 136 cm³/mol. The molecule has 2 aromatic heterocycles. The number of pyridine rings is 1. The highest BCUT2D eigenvalue weighted by Gasteiger charge is 2.38. The van der Waals surface area contributed by atoms with Crippen molar-refractivity contribution in [2.75, 3.05) is 0 Å². The van der Waals surface area contributed by atoms with Crippen LogP contribution < -0.4 is 0 Å². The van der Waals surface area contributed by atoms with Crippen LogP contribution in [0.1, 0.15) is 74.7 Å². The number of carbonyl (C=O) groups excluding carboxylic acids is 1. The van der Waals surface area contributed by atoms with Crippen LogP contribution in [0.25, 0.3) is 22.6 Å². The van der Waals surface area contributed by atoms with Crippen LogP contribution >= 0.6 is 0 Å². The van der Waals surface area contributed by atoms with E-state index >= 15 is 0 Å². The Hall–Kier alpha value is -3.72. The van der Waals surface area contributed by atoms with Gasteiger partial charge in [0.2, 0.25) is 0 Å². The number of ketones is 1. The predicted octanol–water partition coefficient (Wildman–Crippen LogP) is 6.71. The minimum atomic E-state index is -0.327.